The van der Waals surface area contributed by atoms with E-state index in [-0.39, 0.29) is 30.9 Å². The fraction of sp³-hybridized carbons (Fsp3) is 0.364. The lowest BCUT2D eigenvalue weighted by atomic mass is 9.95. The van der Waals surface area contributed by atoms with Crippen LogP contribution in [0.3, 0.4) is 0 Å². The zero-order valence-electron chi connectivity index (χ0n) is 15.5. The van der Waals surface area contributed by atoms with Crippen LogP contribution in [-0.2, 0) is 11.3 Å². The molecular weight excluding hydrogens is 354 g/mol. The Kier molecular flexibility index (Phi) is 4.00. The Morgan fingerprint density at radius 1 is 1.14 bits per heavy atom. The molecule has 0 radical (unpaired) electrons. The number of carbonyl (C=O) groups excluding carboxylic acids is 1. The van der Waals surface area contributed by atoms with Crippen molar-refractivity contribution >= 4 is 16.8 Å². The van der Waals surface area contributed by atoms with Crippen molar-refractivity contribution in [3.8, 4) is 0 Å². The van der Waals surface area contributed by atoms with Crippen molar-refractivity contribution in [3.63, 3.8) is 0 Å². The third kappa shape index (κ3) is 2.56. The van der Waals surface area contributed by atoms with Crippen molar-refractivity contribution in [3.05, 3.63) is 66.4 Å². The van der Waals surface area contributed by atoms with Crippen molar-refractivity contribution in [2.24, 2.45) is 11.3 Å². The number of rotatable bonds is 4. The van der Waals surface area contributed by atoms with Gasteiger partial charge in [0, 0.05) is 36.7 Å². The smallest absolute Gasteiger partial charge is 0.244 e. The molecule has 28 heavy (non-hydrogen) atoms. The van der Waals surface area contributed by atoms with Crippen LogP contribution in [0.5, 0.6) is 0 Å². The van der Waals surface area contributed by atoms with Crippen LogP contribution in [0.4, 0.5) is 0 Å². The quantitative estimate of drug-likeness (QED) is 0.724. The van der Waals surface area contributed by atoms with Gasteiger partial charge in [0.2, 0.25) is 5.91 Å². The molecule has 6 heteroatoms. The molecule has 2 fully saturated rings. The van der Waals surface area contributed by atoms with E-state index in [9.17, 15) is 15.0 Å². The van der Waals surface area contributed by atoms with Crippen LogP contribution in [0.1, 0.15) is 11.5 Å². The minimum Gasteiger partial charge on any atom is -0.396 e. The molecule has 1 spiro atoms. The van der Waals surface area contributed by atoms with Crippen molar-refractivity contribution in [1.29, 1.82) is 0 Å². The van der Waals surface area contributed by atoms with Crippen molar-refractivity contribution in [2.75, 3.05) is 19.7 Å². The van der Waals surface area contributed by atoms with Crippen LogP contribution in [0.25, 0.3) is 10.9 Å². The number of β-amino-alcohol motifs (C(OH)–C–C–N with tert-alkyl or cyclic N) is 1. The number of aromatic nitrogens is 2. The molecule has 144 valence electrons. The molecule has 2 N–H and O–H groups in total. The normalized spacial score (nSPS) is 28.9. The van der Waals surface area contributed by atoms with E-state index in [0.29, 0.717) is 13.1 Å². The molecule has 1 aromatic heterocycles. The largest absolute Gasteiger partial charge is 0.396 e. The summed E-state index contributed by atoms with van der Waals surface area (Å²) in [7, 11) is 0. The van der Waals surface area contributed by atoms with Gasteiger partial charge in [0.05, 0.1) is 11.6 Å². The van der Waals surface area contributed by atoms with Crippen LogP contribution in [0.2, 0.25) is 0 Å². The second kappa shape index (κ2) is 6.43. The Balaban J connectivity index is 1.34. The highest BCUT2D eigenvalue weighted by molar-refractivity contribution is 5.80. The summed E-state index contributed by atoms with van der Waals surface area (Å²) in [4.78, 5) is 14.6. The van der Waals surface area contributed by atoms with Gasteiger partial charge < -0.3 is 15.1 Å². The first kappa shape index (κ1) is 17.4. The molecule has 2 heterocycles. The summed E-state index contributed by atoms with van der Waals surface area (Å²) in [5, 5.41) is 26.2. The fourth-order valence-electron chi connectivity index (χ4n) is 5.09. The topological polar surface area (TPSA) is 78.6 Å². The van der Waals surface area contributed by atoms with E-state index in [1.165, 1.54) is 0 Å². The van der Waals surface area contributed by atoms with E-state index < -0.39 is 11.5 Å². The molecule has 1 amide bonds. The average Bonchev–Trinajstić information content (AvgIpc) is 2.97. The number of fused-ring (bicyclic) bond motifs is 1. The van der Waals surface area contributed by atoms with E-state index in [4.69, 9.17) is 0 Å². The first-order chi connectivity index (χ1) is 13.6. The molecule has 1 saturated carbocycles. The first-order valence-corrected chi connectivity index (χ1v) is 9.67. The van der Waals surface area contributed by atoms with E-state index in [1.807, 2.05) is 60.8 Å². The molecule has 1 aliphatic heterocycles. The van der Waals surface area contributed by atoms with Gasteiger partial charge in [-0.1, -0.05) is 48.5 Å². The minimum atomic E-state index is -0.629. The average molecular weight is 377 g/mol. The SMILES string of the molecule is O=C(Cn1cc2ccccc2n1)N1C[C@H](O)[C@@]2(C1)[C@H](CO)[C@H]2c1ccccc1. The highest BCUT2D eigenvalue weighted by atomic mass is 16.3. The number of amides is 1. The minimum absolute atomic E-state index is 0.0171. The van der Waals surface area contributed by atoms with Crippen LogP contribution in [0.15, 0.2) is 60.8 Å². The third-order valence-corrected chi connectivity index (χ3v) is 6.51. The fourth-order valence-corrected chi connectivity index (χ4v) is 5.09. The van der Waals surface area contributed by atoms with E-state index in [2.05, 4.69) is 5.10 Å². The molecule has 0 unspecified atom stereocenters. The predicted octanol–water partition coefficient (Wildman–Crippen LogP) is 1.63. The van der Waals surface area contributed by atoms with Gasteiger partial charge in [-0.25, -0.2) is 0 Å². The second-order valence-corrected chi connectivity index (χ2v) is 7.97. The highest BCUT2D eigenvalue weighted by Gasteiger charge is 2.71. The van der Waals surface area contributed by atoms with Gasteiger partial charge in [-0.05, 0) is 23.5 Å². The van der Waals surface area contributed by atoms with E-state index in [0.717, 1.165) is 16.5 Å². The van der Waals surface area contributed by atoms with Gasteiger partial charge in [-0.3, -0.25) is 9.48 Å². The van der Waals surface area contributed by atoms with Crippen LogP contribution < -0.4 is 0 Å². The molecular formula is C22H23N3O3. The number of carbonyl (C=O) groups is 1. The van der Waals surface area contributed by atoms with Gasteiger partial charge >= 0.3 is 0 Å². The summed E-state index contributed by atoms with van der Waals surface area (Å²) >= 11 is 0. The van der Waals surface area contributed by atoms with Gasteiger partial charge in [0.1, 0.15) is 6.54 Å². The molecule has 1 saturated heterocycles. The molecule has 6 nitrogen and oxygen atoms in total. The number of benzene rings is 2. The summed E-state index contributed by atoms with van der Waals surface area (Å²) in [6.45, 7) is 0.943. The van der Waals surface area contributed by atoms with Crippen LogP contribution >= 0.6 is 0 Å². The molecule has 3 aromatic rings. The lowest BCUT2D eigenvalue weighted by Gasteiger charge is -2.17. The van der Waals surface area contributed by atoms with Gasteiger partial charge in [0.25, 0.3) is 0 Å². The molecule has 2 aliphatic rings. The summed E-state index contributed by atoms with van der Waals surface area (Å²) in [6.07, 6.45) is 1.24. The Morgan fingerprint density at radius 3 is 2.64 bits per heavy atom. The maximum Gasteiger partial charge on any atom is 0.244 e. The Labute approximate surface area is 163 Å². The molecule has 1 aliphatic carbocycles. The first-order valence-electron chi connectivity index (χ1n) is 9.67. The number of hydrogen-bond donors (Lipinski definition) is 2. The van der Waals surface area contributed by atoms with Gasteiger partial charge in [-0.2, -0.15) is 5.10 Å². The summed E-state index contributed by atoms with van der Waals surface area (Å²) in [5.41, 5.74) is 1.54. The Hall–Kier alpha value is -2.70. The highest BCUT2D eigenvalue weighted by Crippen LogP contribution is 2.68. The number of nitrogens with zero attached hydrogens (tertiary/aromatic N) is 3. The standard InChI is InChI=1S/C22H23N3O3/c26-13-17-21(15-6-2-1-3-7-15)22(17)14-24(11-19(22)27)20(28)12-25-10-16-8-4-5-9-18(16)23-25/h1-10,17,19,21,26-27H,11-14H2/t17-,19+,21-,22-/m1/s1. The van der Waals surface area contributed by atoms with Gasteiger partial charge in [0.15, 0.2) is 0 Å². The molecule has 2 aromatic carbocycles. The second-order valence-electron chi connectivity index (χ2n) is 7.97. The predicted molar refractivity (Wildman–Crippen MR) is 105 cm³/mol. The monoisotopic (exact) mass is 377 g/mol. The third-order valence-electron chi connectivity index (χ3n) is 6.51. The zero-order valence-corrected chi connectivity index (χ0v) is 15.5. The lowest BCUT2D eigenvalue weighted by molar-refractivity contribution is -0.131. The van der Waals surface area contributed by atoms with Crippen molar-refractivity contribution < 1.29 is 15.0 Å². The Bertz CT molecular complexity index is 985. The number of aliphatic hydroxyl groups excluding tert-OH is 2. The lowest BCUT2D eigenvalue weighted by Crippen LogP contribution is -2.33. The maximum absolute atomic E-state index is 12.9. The van der Waals surface area contributed by atoms with E-state index in [1.54, 1.807) is 9.58 Å². The molecule has 5 rings (SSSR count). The summed E-state index contributed by atoms with van der Waals surface area (Å²) < 4.78 is 1.66. The van der Waals surface area contributed by atoms with E-state index >= 15 is 0 Å². The van der Waals surface area contributed by atoms with Crippen molar-refractivity contribution in [1.82, 2.24) is 14.7 Å². The Morgan fingerprint density at radius 2 is 1.89 bits per heavy atom. The maximum atomic E-state index is 12.9. The molecule has 0 bridgehead atoms. The number of likely N-dealkylation sites (tertiary alicyclic amines) is 1. The summed E-state index contributed by atoms with van der Waals surface area (Å²) in [5.74, 6) is 0.00733. The zero-order chi connectivity index (χ0) is 19.3. The number of aliphatic hydroxyl groups is 2. The van der Waals surface area contributed by atoms with Crippen LogP contribution in [-0.4, -0.2) is 56.6 Å². The molecule has 4 atom stereocenters. The van der Waals surface area contributed by atoms with Crippen LogP contribution in [0, 0.1) is 11.3 Å². The van der Waals surface area contributed by atoms with Gasteiger partial charge in [-0.15, -0.1) is 0 Å². The number of hydrogen-bond acceptors (Lipinski definition) is 4. The van der Waals surface area contributed by atoms with Crippen molar-refractivity contribution in [2.45, 2.75) is 18.6 Å². The summed E-state index contributed by atoms with van der Waals surface area (Å²) in [6, 6.07) is 17.7.